The first-order chi connectivity index (χ1) is 18.2. The van der Waals surface area contributed by atoms with Crippen LogP contribution in [0.5, 0.6) is 0 Å². The van der Waals surface area contributed by atoms with E-state index in [1.54, 1.807) is 41.9 Å². The van der Waals surface area contributed by atoms with Crippen molar-refractivity contribution in [3.63, 3.8) is 0 Å². The summed E-state index contributed by atoms with van der Waals surface area (Å²) < 4.78 is 28.1. The number of para-hydroxylation sites is 1. The second kappa shape index (κ2) is 10.9. The topological polar surface area (TPSA) is 82.6 Å². The molecule has 5 rings (SSSR count). The maximum Gasteiger partial charge on any atom is 0.256 e. The summed E-state index contributed by atoms with van der Waals surface area (Å²) in [6.07, 6.45) is 2.02. The number of nitrogens with one attached hydrogen (secondary N) is 1. The van der Waals surface area contributed by atoms with Gasteiger partial charge in [-0.3, -0.25) is 9.69 Å². The Morgan fingerprint density at radius 1 is 1.13 bits per heavy atom. The predicted molar refractivity (Wildman–Crippen MR) is 157 cm³/mol. The number of anilines is 1. The second-order valence-corrected chi connectivity index (χ2v) is 13.9. The van der Waals surface area contributed by atoms with Gasteiger partial charge in [0.1, 0.15) is 10.0 Å². The zero-order valence-electron chi connectivity index (χ0n) is 22.0. The molecule has 0 saturated carbocycles. The number of fused-ring (bicyclic) bond motifs is 2. The summed E-state index contributed by atoms with van der Waals surface area (Å²) >= 11 is 3.27. The van der Waals surface area contributed by atoms with Crippen molar-refractivity contribution in [2.75, 3.05) is 25.5 Å². The number of hydrogen-bond donors (Lipinski definition) is 1. The predicted octanol–water partition coefficient (Wildman–Crippen LogP) is 6.07. The van der Waals surface area contributed by atoms with E-state index in [0.717, 1.165) is 58.3 Å². The Morgan fingerprint density at radius 2 is 1.87 bits per heavy atom. The first-order valence-electron chi connectivity index (χ1n) is 12.8. The van der Waals surface area contributed by atoms with Gasteiger partial charge in [0.2, 0.25) is 10.0 Å². The highest BCUT2D eigenvalue weighted by molar-refractivity contribution is 7.89. The minimum absolute atomic E-state index is 0.165. The van der Waals surface area contributed by atoms with Crippen LogP contribution >= 0.6 is 22.7 Å². The molecule has 1 aliphatic heterocycles. The lowest BCUT2D eigenvalue weighted by molar-refractivity contribution is 0.102. The van der Waals surface area contributed by atoms with Gasteiger partial charge in [-0.2, -0.15) is 4.31 Å². The van der Waals surface area contributed by atoms with Gasteiger partial charge in [0.15, 0.2) is 0 Å². The molecule has 0 bridgehead atoms. The Balaban J connectivity index is 1.47. The summed E-state index contributed by atoms with van der Waals surface area (Å²) in [4.78, 5) is 22.2. The van der Waals surface area contributed by atoms with Crippen LogP contribution in [-0.4, -0.2) is 54.7 Å². The summed E-state index contributed by atoms with van der Waals surface area (Å²) in [5.74, 6) is -0.266. The highest BCUT2D eigenvalue weighted by Gasteiger charge is 2.28. The molecular weight excluding hydrogens is 537 g/mol. The third-order valence-electron chi connectivity index (χ3n) is 6.93. The van der Waals surface area contributed by atoms with E-state index >= 15 is 0 Å². The van der Waals surface area contributed by atoms with Crippen molar-refractivity contribution in [2.24, 2.45) is 0 Å². The van der Waals surface area contributed by atoms with E-state index in [9.17, 15) is 13.2 Å². The SMILES string of the molecule is CCCN1CCc2c(sc(NC(=O)c3ccc(S(=O)(=O)N(C)C(C)C)cc3)c2-c2nc3ccccc3s2)C1. The number of thiazole rings is 1. The van der Waals surface area contributed by atoms with Gasteiger partial charge in [-0.1, -0.05) is 19.1 Å². The molecule has 38 heavy (non-hydrogen) atoms. The average Bonchev–Trinajstić information content (AvgIpc) is 3.48. The summed E-state index contributed by atoms with van der Waals surface area (Å²) in [6.45, 7) is 8.76. The number of amides is 1. The van der Waals surface area contributed by atoms with Gasteiger partial charge in [-0.05, 0) is 75.2 Å². The number of carbonyl (C=O) groups excluding carboxylic acids is 1. The molecule has 0 radical (unpaired) electrons. The van der Waals surface area contributed by atoms with Gasteiger partial charge >= 0.3 is 0 Å². The minimum atomic E-state index is -3.62. The molecule has 4 aromatic rings. The first kappa shape index (κ1) is 27.0. The first-order valence-corrected chi connectivity index (χ1v) is 15.9. The van der Waals surface area contributed by atoms with E-state index in [1.807, 2.05) is 32.0 Å². The number of hydrogen-bond acceptors (Lipinski definition) is 7. The summed E-state index contributed by atoms with van der Waals surface area (Å²) in [6, 6.07) is 14.1. The Hall–Kier alpha value is -2.63. The van der Waals surface area contributed by atoms with Crippen LogP contribution in [0.2, 0.25) is 0 Å². The van der Waals surface area contributed by atoms with Crippen LogP contribution in [0.15, 0.2) is 53.4 Å². The third-order valence-corrected chi connectivity index (χ3v) is 11.2. The lowest BCUT2D eigenvalue weighted by atomic mass is 10.0. The number of sulfonamides is 1. The van der Waals surface area contributed by atoms with Gasteiger partial charge < -0.3 is 5.32 Å². The Kier molecular flexibility index (Phi) is 7.70. The van der Waals surface area contributed by atoms with Gasteiger partial charge in [0, 0.05) is 42.2 Å². The molecule has 7 nitrogen and oxygen atoms in total. The van der Waals surface area contributed by atoms with Crippen LogP contribution in [0.3, 0.4) is 0 Å². The van der Waals surface area contributed by atoms with Gasteiger partial charge in [-0.25, -0.2) is 13.4 Å². The molecule has 3 heterocycles. The molecule has 0 unspecified atom stereocenters. The summed E-state index contributed by atoms with van der Waals surface area (Å²) in [5, 5.41) is 4.86. The van der Waals surface area contributed by atoms with E-state index in [0.29, 0.717) is 5.56 Å². The lowest BCUT2D eigenvalue weighted by Gasteiger charge is -2.26. The van der Waals surface area contributed by atoms with Crippen LogP contribution in [-0.2, 0) is 23.0 Å². The van der Waals surface area contributed by atoms with E-state index in [2.05, 4.69) is 23.2 Å². The molecule has 1 N–H and O–H groups in total. The van der Waals surface area contributed by atoms with Gasteiger partial charge in [-0.15, -0.1) is 22.7 Å². The van der Waals surface area contributed by atoms with Crippen LogP contribution in [0.1, 0.15) is 48.0 Å². The number of aromatic nitrogens is 1. The fourth-order valence-electron chi connectivity index (χ4n) is 4.65. The normalized spacial score (nSPS) is 14.4. The second-order valence-electron chi connectivity index (χ2n) is 9.81. The summed E-state index contributed by atoms with van der Waals surface area (Å²) in [5.41, 5.74) is 3.66. The monoisotopic (exact) mass is 568 g/mol. The van der Waals surface area contributed by atoms with Crippen molar-refractivity contribution >= 4 is 53.8 Å². The molecule has 0 saturated heterocycles. The maximum absolute atomic E-state index is 13.4. The molecule has 1 aliphatic rings. The van der Waals surface area contributed by atoms with Crippen molar-refractivity contribution in [3.05, 3.63) is 64.5 Å². The highest BCUT2D eigenvalue weighted by atomic mass is 32.2. The number of nitrogens with zero attached hydrogens (tertiary/aromatic N) is 3. The minimum Gasteiger partial charge on any atom is -0.313 e. The fraction of sp³-hybridized carbons (Fsp3) is 0.357. The third kappa shape index (κ3) is 5.15. The lowest BCUT2D eigenvalue weighted by Crippen LogP contribution is -2.33. The van der Waals surface area contributed by atoms with E-state index in [4.69, 9.17) is 4.98 Å². The van der Waals surface area contributed by atoms with Crippen molar-refractivity contribution in [3.8, 4) is 10.6 Å². The van der Waals surface area contributed by atoms with Crippen LogP contribution in [0.4, 0.5) is 5.00 Å². The largest absolute Gasteiger partial charge is 0.313 e. The van der Waals surface area contributed by atoms with Crippen molar-refractivity contribution in [2.45, 2.75) is 51.1 Å². The number of rotatable bonds is 8. The maximum atomic E-state index is 13.4. The van der Waals surface area contributed by atoms with Crippen molar-refractivity contribution in [1.29, 1.82) is 0 Å². The number of thiophene rings is 1. The van der Waals surface area contributed by atoms with Crippen LogP contribution in [0.25, 0.3) is 20.8 Å². The van der Waals surface area contributed by atoms with E-state index in [-0.39, 0.29) is 16.8 Å². The molecule has 1 amide bonds. The Morgan fingerprint density at radius 3 is 2.55 bits per heavy atom. The molecule has 0 atom stereocenters. The van der Waals surface area contributed by atoms with E-state index in [1.165, 1.54) is 26.9 Å². The van der Waals surface area contributed by atoms with Crippen molar-refractivity contribution < 1.29 is 13.2 Å². The van der Waals surface area contributed by atoms with Gasteiger partial charge in [0.05, 0.1) is 15.1 Å². The number of carbonyl (C=O) groups is 1. The average molecular weight is 569 g/mol. The fourth-order valence-corrected chi connectivity index (χ4v) is 8.42. The molecule has 0 fully saturated rings. The molecule has 10 heteroatoms. The molecule has 0 spiro atoms. The quantitative estimate of drug-likeness (QED) is 0.279. The molecule has 2 aromatic carbocycles. The zero-order chi connectivity index (χ0) is 27.0. The molecule has 0 aliphatic carbocycles. The highest BCUT2D eigenvalue weighted by Crippen LogP contribution is 2.45. The number of benzene rings is 2. The summed E-state index contributed by atoms with van der Waals surface area (Å²) in [7, 11) is -2.06. The molecule has 2 aromatic heterocycles. The standard InChI is InChI=1S/C28H32N4O3S3/c1-5-15-32-16-14-21-24(17-32)37-28(25(21)27-29-22-8-6-7-9-23(22)36-27)30-26(33)19-10-12-20(13-11-19)38(34,35)31(4)18(2)3/h6-13,18H,5,14-17H2,1-4H3,(H,30,33). The smallest absolute Gasteiger partial charge is 0.256 e. The Bertz CT molecular complexity index is 1540. The van der Waals surface area contributed by atoms with Crippen LogP contribution < -0.4 is 5.32 Å². The molecular formula is C28H32N4O3S3. The molecule has 200 valence electrons. The van der Waals surface area contributed by atoms with Crippen LogP contribution in [0, 0.1) is 0 Å². The zero-order valence-corrected chi connectivity index (χ0v) is 24.5. The van der Waals surface area contributed by atoms with Gasteiger partial charge in [0.25, 0.3) is 5.91 Å². The van der Waals surface area contributed by atoms with E-state index < -0.39 is 10.0 Å². The Labute approximate surface area is 232 Å². The van der Waals surface area contributed by atoms with Crippen molar-refractivity contribution in [1.82, 2.24) is 14.2 Å².